The Hall–Kier alpha value is -1.06. The molecule has 0 saturated carbocycles. The number of nitrogens with two attached hydrogens (primary N) is 1. The highest BCUT2D eigenvalue weighted by molar-refractivity contribution is 5.27. The van der Waals surface area contributed by atoms with E-state index >= 15 is 0 Å². The van der Waals surface area contributed by atoms with E-state index in [1.54, 1.807) is 12.1 Å². The zero-order valence-corrected chi connectivity index (χ0v) is 6.25. The Morgan fingerprint density at radius 3 is 2.91 bits per heavy atom. The van der Waals surface area contributed by atoms with Crippen LogP contribution in [0.4, 0.5) is 0 Å². The van der Waals surface area contributed by atoms with Gasteiger partial charge in [-0.2, -0.15) is 0 Å². The summed E-state index contributed by atoms with van der Waals surface area (Å²) in [6.07, 6.45) is 0.838. The number of rotatable bonds is 3. The Balaban J connectivity index is 2.56. The summed E-state index contributed by atoms with van der Waals surface area (Å²) >= 11 is 0. The van der Waals surface area contributed by atoms with Crippen LogP contribution < -0.4 is 11.3 Å². The van der Waals surface area contributed by atoms with Gasteiger partial charge in [0.15, 0.2) is 0 Å². The molecule has 0 bridgehead atoms. The van der Waals surface area contributed by atoms with Crippen molar-refractivity contribution in [2.45, 2.75) is 6.42 Å². The molecule has 11 heavy (non-hydrogen) atoms. The topological polar surface area (TPSA) is 58.3 Å². The molecule has 0 fully saturated rings. The maximum absolute atomic E-state index is 9.06. The number of nitrogens with one attached hydrogen (secondary N) is 1. The number of hydrazine groups is 1. The first-order valence-electron chi connectivity index (χ1n) is 3.54. The minimum Gasteiger partial charge on any atom is -0.508 e. The average Bonchev–Trinajstić information content (AvgIpc) is 2.01. The molecular weight excluding hydrogens is 140 g/mol. The molecule has 0 heterocycles. The van der Waals surface area contributed by atoms with Crippen molar-refractivity contribution in [3.8, 4) is 5.75 Å². The molecule has 0 saturated heterocycles. The Morgan fingerprint density at radius 2 is 2.27 bits per heavy atom. The van der Waals surface area contributed by atoms with Gasteiger partial charge in [0.1, 0.15) is 5.75 Å². The highest BCUT2D eigenvalue weighted by Crippen LogP contribution is 2.10. The maximum Gasteiger partial charge on any atom is 0.115 e. The fourth-order valence-electron chi connectivity index (χ4n) is 0.928. The van der Waals surface area contributed by atoms with Crippen molar-refractivity contribution in [2.75, 3.05) is 6.54 Å². The van der Waals surface area contributed by atoms with E-state index in [1.807, 2.05) is 12.1 Å². The molecule has 3 heteroatoms. The molecule has 0 radical (unpaired) electrons. The van der Waals surface area contributed by atoms with E-state index < -0.39 is 0 Å². The molecule has 4 N–H and O–H groups in total. The Labute approximate surface area is 65.8 Å². The van der Waals surface area contributed by atoms with Gasteiger partial charge in [-0.1, -0.05) is 12.1 Å². The number of aromatic hydroxyl groups is 1. The van der Waals surface area contributed by atoms with E-state index in [1.165, 1.54) is 0 Å². The summed E-state index contributed by atoms with van der Waals surface area (Å²) in [5, 5.41) is 9.06. The number of phenols is 1. The predicted molar refractivity (Wildman–Crippen MR) is 44.0 cm³/mol. The zero-order chi connectivity index (χ0) is 8.10. The van der Waals surface area contributed by atoms with E-state index in [0.29, 0.717) is 5.75 Å². The monoisotopic (exact) mass is 152 g/mol. The fourth-order valence-corrected chi connectivity index (χ4v) is 0.928. The normalized spacial score (nSPS) is 9.91. The van der Waals surface area contributed by atoms with Crippen LogP contribution in [0.5, 0.6) is 5.75 Å². The minimum absolute atomic E-state index is 0.305. The highest BCUT2D eigenvalue weighted by atomic mass is 16.3. The van der Waals surface area contributed by atoms with Crippen LogP contribution in [0.3, 0.4) is 0 Å². The zero-order valence-electron chi connectivity index (χ0n) is 6.25. The lowest BCUT2D eigenvalue weighted by Gasteiger charge is -1.99. The molecule has 0 aliphatic heterocycles. The van der Waals surface area contributed by atoms with Crippen molar-refractivity contribution in [1.82, 2.24) is 5.43 Å². The first kappa shape index (κ1) is 8.04. The third-order valence-corrected chi connectivity index (χ3v) is 1.47. The smallest absolute Gasteiger partial charge is 0.115 e. The van der Waals surface area contributed by atoms with Crippen molar-refractivity contribution >= 4 is 0 Å². The summed E-state index contributed by atoms with van der Waals surface area (Å²) in [7, 11) is 0. The van der Waals surface area contributed by atoms with E-state index in [-0.39, 0.29) is 0 Å². The van der Waals surface area contributed by atoms with Gasteiger partial charge in [0.2, 0.25) is 0 Å². The van der Waals surface area contributed by atoms with Crippen LogP contribution in [0.1, 0.15) is 5.56 Å². The molecule has 60 valence electrons. The molecule has 0 aliphatic rings. The van der Waals surface area contributed by atoms with Crippen LogP contribution in [0.2, 0.25) is 0 Å². The number of hydrogen-bond donors (Lipinski definition) is 3. The van der Waals surface area contributed by atoms with E-state index in [2.05, 4.69) is 5.43 Å². The highest BCUT2D eigenvalue weighted by Gasteiger charge is 1.92. The van der Waals surface area contributed by atoms with Crippen LogP contribution in [-0.4, -0.2) is 11.7 Å². The van der Waals surface area contributed by atoms with Gasteiger partial charge >= 0.3 is 0 Å². The Kier molecular flexibility index (Phi) is 2.89. The van der Waals surface area contributed by atoms with Gasteiger partial charge in [0.25, 0.3) is 0 Å². The van der Waals surface area contributed by atoms with E-state index in [0.717, 1.165) is 18.5 Å². The summed E-state index contributed by atoms with van der Waals surface area (Å²) < 4.78 is 0. The first-order valence-corrected chi connectivity index (χ1v) is 3.54. The van der Waals surface area contributed by atoms with E-state index in [9.17, 15) is 0 Å². The molecule has 1 aromatic rings. The lowest BCUT2D eigenvalue weighted by atomic mass is 10.1. The van der Waals surface area contributed by atoms with Crippen molar-refractivity contribution in [1.29, 1.82) is 0 Å². The Morgan fingerprint density at radius 1 is 1.45 bits per heavy atom. The molecule has 1 rings (SSSR count). The van der Waals surface area contributed by atoms with Gasteiger partial charge in [0, 0.05) is 6.54 Å². The van der Waals surface area contributed by atoms with Gasteiger partial charge in [0.05, 0.1) is 0 Å². The van der Waals surface area contributed by atoms with Gasteiger partial charge in [-0.25, -0.2) is 0 Å². The molecule has 0 spiro atoms. The molecule has 3 nitrogen and oxygen atoms in total. The largest absolute Gasteiger partial charge is 0.508 e. The number of benzene rings is 1. The second-order valence-corrected chi connectivity index (χ2v) is 2.37. The number of phenolic OH excluding ortho intramolecular Hbond substituents is 1. The summed E-state index contributed by atoms with van der Waals surface area (Å²) in [6, 6.07) is 7.16. The predicted octanol–water partition coefficient (Wildman–Crippen LogP) is 0.398. The lowest BCUT2D eigenvalue weighted by Crippen LogP contribution is -2.24. The van der Waals surface area contributed by atoms with Crippen molar-refractivity contribution in [3.63, 3.8) is 0 Å². The Bertz CT molecular complexity index is 225. The van der Waals surface area contributed by atoms with Crippen LogP contribution >= 0.6 is 0 Å². The molecule has 0 atom stereocenters. The quantitative estimate of drug-likeness (QED) is 0.434. The van der Waals surface area contributed by atoms with Gasteiger partial charge < -0.3 is 5.11 Å². The van der Waals surface area contributed by atoms with Crippen LogP contribution in [-0.2, 0) is 6.42 Å². The number of hydrogen-bond acceptors (Lipinski definition) is 3. The second kappa shape index (κ2) is 3.95. The summed E-state index contributed by atoms with van der Waals surface area (Å²) in [5.41, 5.74) is 3.64. The van der Waals surface area contributed by atoms with Crippen LogP contribution in [0, 0.1) is 0 Å². The average molecular weight is 152 g/mol. The molecular formula is C8H12N2O. The second-order valence-electron chi connectivity index (χ2n) is 2.37. The van der Waals surface area contributed by atoms with Crippen LogP contribution in [0.15, 0.2) is 24.3 Å². The van der Waals surface area contributed by atoms with Gasteiger partial charge in [-0.05, 0) is 24.1 Å². The summed E-state index contributed by atoms with van der Waals surface area (Å²) in [4.78, 5) is 0. The minimum atomic E-state index is 0.305. The van der Waals surface area contributed by atoms with Crippen LogP contribution in [0.25, 0.3) is 0 Å². The molecule has 0 unspecified atom stereocenters. The maximum atomic E-state index is 9.06. The molecule has 0 amide bonds. The summed E-state index contributed by atoms with van der Waals surface area (Å²) in [6.45, 7) is 0.726. The van der Waals surface area contributed by atoms with Crippen molar-refractivity contribution in [2.24, 2.45) is 5.84 Å². The third kappa shape index (κ3) is 2.57. The molecule has 1 aromatic carbocycles. The van der Waals surface area contributed by atoms with Gasteiger partial charge in [-0.3, -0.25) is 11.3 Å². The van der Waals surface area contributed by atoms with Gasteiger partial charge in [-0.15, -0.1) is 0 Å². The fraction of sp³-hybridized carbons (Fsp3) is 0.250. The lowest BCUT2D eigenvalue weighted by molar-refractivity contribution is 0.474. The third-order valence-electron chi connectivity index (χ3n) is 1.47. The van der Waals surface area contributed by atoms with Crippen molar-refractivity contribution < 1.29 is 5.11 Å². The summed E-state index contributed by atoms with van der Waals surface area (Å²) in [5.74, 6) is 5.41. The molecule has 0 aromatic heterocycles. The first-order chi connectivity index (χ1) is 5.33. The molecule has 0 aliphatic carbocycles. The standard InChI is InChI=1S/C8H12N2O/c9-10-5-4-7-2-1-3-8(11)6-7/h1-3,6,10-11H,4-5,9H2. The SMILES string of the molecule is NNCCc1cccc(O)c1. The van der Waals surface area contributed by atoms with Crippen molar-refractivity contribution in [3.05, 3.63) is 29.8 Å². The van der Waals surface area contributed by atoms with E-state index in [4.69, 9.17) is 10.9 Å².